The summed E-state index contributed by atoms with van der Waals surface area (Å²) >= 11 is 1.60. The molecule has 0 unspecified atom stereocenters. The van der Waals surface area contributed by atoms with Gasteiger partial charge in [0, 0.05) is 12.6 Å². The molecule has 0 bridgehead atoms. The van der Waals surface area contributed by atoms with Crippen LogP contribution in [0.5, 0.6) is 0 Å². The van der Waals surface area contributed by atoms with Gasteiger partial charge in [-0.1, -0.05) is 6.07 Å². The number of carbonyl (C=O) groups excluding carboxylic acids is 2. The molecule has 6 heteroatoms. The Balaban J connectivity index is 1.73. The molecule has 2 N–H and O–H groups in total. The lowest BCUT2D eigenvalue weighted by Gasteiger charge is -2.06. The number of nitrogens with zero attached hydrogens (tertiary/aromatic N) is 1. The molecule has 0 radical (unpaired) electrons. The summed E-state index contributed by atoms with van der Waals surface area (Å²) in [6.45, 7) is 0. The normalized spacial score (nSPS) is 9.89. The molecular formula is C13H13N3O2S. The highest BCUT2D eigenvalue weighted by Crippen LogP contribution is 2.07. The van der Waals surface area contributed by atoms with Crippen LogP contribution in [0.15, 0.2) is 41.2 Å². The van der Waals surface area contributed by atoms with E-state index in [0.29, 0.717) is 12.8 Å². The second-order valence-corrected chi connectivity index (χ2v) is 4.63. The molecule has 0 aromatic carbocycles. The van der Waals surface area contributed by atoms with Crippen LogP contribution in [-0.2, 0) is 11.2 Å². The van der Waals surface area contributed by atoms with E-state index in [4.69, 9.17) is 0 Å². The van der Waals surface area contributed by atoms with E-state index < -0.39 is 5.91 Å². The average molecular weight is 275 g/mol. The Bertz CT molecular complexity index is 540. The van der Waals surface area contributed by atoms with E-state index in [-0.39, 0.29) is 11.6 Å². The molecule has 2 aromatic heterocycles. The van der Waals surface area contributed by atoms with Crippen molar-refractivity contribution in [3.05, 3.63) is 52.5 Å². The van der Waals surface area contributed by atoms with Crippen LogP contribution < -0.4 is 10.9 Å². The van der Waals surface area contributed by atoms with E-state index in [1.165, 1.54) is 6.20 Å². The van der Waals surface area contributed by atoms with E-state index in [9.17, 15) is 9.59 Å². The van der Waals surface area contributed by atoms with Gasteiger partial charge in [-0.3, -0.25) is 25.4 Å². The quantitative estimate of drug-likeness (QED) is 0.831. The van der Waals surface area contributed by atoms with Crippen LogP contribution in [-0.4, -0.2) is 16.8 Å². The summed E-state index contributed by atoms with van der Waals surface area (Å²) in [6, 6.07) is 6.98. The van der Waals surface area contributed by atoms with E-state index in [1.54, 1.807) is 29.5 Å². The van der Waals surface area contributed by atoms with E-state index in [2.05, 4.69) is 15.8 Å². The number of amides is 2. The van der Waals surface area contributed by atoms with E-state index in [0.717, 1.165) is 5.56 Å². The first-order chi connectivity index (χ1) is 9.25. The van der Waals surface area contributed by atoms with Crippen LogP contribution in [0.25, 0.3) is 0 Å². The van der Waals surface area contributed by atoms with E-state index >= 15 is 0 Å². The predicted molar refractivity (Wildman–Crippen MR) is 72.5 cm³/mol. The van der Waals surface area contributed by atoms with Crippen LogP contribution in [0.2, 0.25) is 0 Å². The minimum Gasteiger partial charge on any atom is -0.273 e. The van der Waals surface area contributed by atoms with Crippen LogP contribution in [0.1, 0.15) is 22.5 Å². The van der Waals surface area contributed by atoms with Crippen LogP contribution in [0.4, 0.5) is 0 Å². The number of hydrazine groups is 1. The fourth-order valence-corrected chi connectivity index (χ4v) is 2.15. The summed E-state index contributed by atoms with van der Waals surface area (Å²) in [7, 11) is 0. The van der Waals surface area contributed by atoms with Gasteiger partial charge in [-0.15, -0.1) is 0 Å². The molecule has 0 saturated heterocycles. The maximum absolute atomic E-state index is 11.6. The molecule has 0 aliphatic rings. The highest BCUT2D eigenvalue weighted by Gasteiger charge is 2.07. The summed E-state index contributed by atoms with van der Waals surface area (Å²) in [5, 5.41) is 3.97. The van der Waals surface area contributed by atoms with Gasteiger partial charge in [0.05, 0.1) is 0 Å². The molecular weight excluding hydrogens is 262 g/mol. The smallest absolute Gasteiger partial charge is 0.273 e. The van der Waals surface area contributed by atoms with Crippen LogP contribution >= 0.6 is 11.3 Å². The Hall–Kier alpha value is -2.21. The largest absolute Gasteiger partial charge is 0.288 e. The minimum atomic E-state index is -0.426. The van der Waals surface area contributed by atoms with Gasteiger partial charge in [0.15, 0.2) is 0 Å². The highest BCUT2D eigenvalue weighted by atomic mass is 32.1. The first kappa shape index (κ1) is 13.2. The molecule has 0 spiro atoms. The number of nitrogens with one attached hydrogen (secondary N) is 2. The number of carbonyl (C=O) groups is 2. The standard InChI is InChI=1S/C13H13N3O2S/c17-12(5-4-10-6-8-19-9-10)15-16-13(18)11-3-1-2-7-14-11/h1-3,6-9H,4-5H2,(H,15,17)(H,16,18). The number of thiophene rings is 1. The number of aryl methyl sites for hydroxylation is 1. The van der Waals surface area contributed by atoms with Crippen LogP contribution in [0.3, 0.4) is 0 Å². The van der Waals surface area contributed by atoms with Crippen molar-refractivity contribution in [2.75, 3.05) is 0 Å². The SMILES string of the molecule is O=C(CCc1ccsc1)NNC(=O)c1ccccn1. The average Bonchev–Trinajstić information content (AvgIpc) is 2.96. The Morgan fingerprint density at radius 3 is 2.79 bits per heavy atom. The second kappa shape index (κ2) is 6.65. The van der Waals surface area contributed by atoms with Gasteiger partial charge in [0.25, 0.3) is 5.91 Å². The fraction of sp³-hybridized carbons (Fsp3) is 0.154. The predicted octanol–water partition coefficient (Wildman–Crippen LogP) is 1.54. The molecule has 2 rings (SSSR count). The highest BCUT2D eigenvalue weighted by molar-refractivity contribution is 7.07. The lowest BCUT2D eigenvalue weighted by Crippen LogP contribution is -2.42. The number of pyridine rings is 1. The number of hydrogen-bond acceptors (Lipinski definition) is 4. The number of rotatable bonds is 4. The molecule has 0 aliphatic carbocycles. The van der Waals surface area contributed by atoms with Crippen molar-refractivity contribution in [2.45, 2.75) is 12.8 Å². The van der Waals surface area contributed by atoms with Crippen molar-refractivity contribution in [3.8, 4) is 0 Å². The van der Waals surface area contributed by atoms with Gasteiger partial charge < -0.3 is 0 Å². The maximum Gasteiger partial charge on any atom is 0.288 e. The lowest BCUT2D eigenvalue weighted by atomic mass is 10.2. The molecule has 2 amide bonds. The van der Waals surface area contributed by atoms with Gasteiger partial charge in [-0.05, 0) is 40.9 Å². The summed E-state index contributed by atoms with van der Waals surface area (Å²) < 4.78 is 0. The Morgan fingerprint density at radius 1 is 1.21 bits per heavy atom. The van der Waals surface area contributed by atoms with Crippen molar-refractivity contribution in [2.24, 2.45) is 0 Å². The molecule has 2 aromatic rings. The topological polar surface area (TPSA) is 71.1 Å². The molecule has 0 atom stereocenters. The zero-order chi connectivity index (χ0) is 13.5. The third-order valence-corrected chi connectivity index (χ3v) is 3.17. The van der Waals surface area contributed by atoms with Gasteiger partial charge in [-0.25, -0.2) is 0 Å². The molecule has 19 heavy (non-hydrogen) atoms. The van der Waals surface area contributed by atoms with Crippen molar-refractivity contribution >= 4 is 23.2 Å². The zero-order valence-corrected chi connectivity index (χ0v) is 10.9. The summed E-state index contributed by atoms with van der Waals surface area (Å²) in [5.41, 5.74) is 6.08. The molecule has 0 aliphatic heterocycles. The zero-order valence-electron chi connectivity index (χ0n) is 10.1. The van der Waals surface area contributed by atoms with E-state index in [1.807, 2.05) is 16.8 Å². The molecule has 0 saturated carbocycles. The first-order valence-electron chi connectivity index (χ1n) is 5.77. The van der Waals surface area contributed by atoms with Crippen molar-refractivity contribution in [3.63, 3.8) is 0 Å². The molecule has 2 heterocycles. The Morgan fingerprint density at radius 2 is 2.11 bits per heavy atom. The van der Waals surface area contributed by atoms with Crippen molar-refractivity contribution in [1.29, 1.82) is 0 Å². The molecule has 5 nitrogen and oxygen atoms in total. The number of aromatic nitrogens is 1. The lowest BCUT2D eigenvalue weighted by molar-refractivity contribution is -0.121. The molecule has 0 fully saturated rings. The Kier molecular flexibility index (Phi) is 4.63. The summed E-state index contributed by atoms with van der Waals surface area (Å²) in [4.78, 5) is 27.0. The third kappa shape index (κ3) is 4.18. The monoisotopic (exact) mass is 275 g/mol. The van der Waals surface area contributed by atoms with Gasteiger partial charge in [0.1, 0.15) is 5.69 Å². The van der Waals surface area contributed by atoms with Gasteiger partial charge in [0.2, 0.25) is 5.91 Å². The van der Waals surface area contributed by atoms with Crippen molar-refractivity contribution < 1.29 is 9.59 Å². The summed E-state index contributed by atoms with van der Waals surface area (Å²) in [5.74, 6) is -0.653. The fourth-order valence-electron chi connectivity index (χ4n) is 1.44. The van der Waals surface area contributed by atoms with Gasteiger partial charge >= 0.3 is 0 Å². The van der Waals surface area contributed by atoms with Crippen molar-refractivity contribution in [1.82, 2.24) is 15.8 Å². The van der Waals surface area contributed by atoms with Gasteiger partial charge in [-0.2, -0.15) is 11.3 Å². The Labute approximate surface area is 114 Å². The second-order valence-electron chi connectivity index (χ2n) is 3.85. The number of hydrogen-bond donors (Lipinski definition) is 2. The third-order valence-electron chi connectivity index (χ3n) is 2.43. The summed E-state index contributed by atoms with van der Waals surface area (Å²) in [6.07, 6.45) is 2.52. The molecule has 98 valence electrons. The first-order valence-corrected chi connectivity index (χ1v) is 6.71. The maximum atomic E-state index is 11.6. The van der Waals surface area contributed by atoms with Crippen LogP contribution in [0, 0.1) is 0 Å². The minimum absolute atomic E-state index is 0.226.